The molecular weight excluding hydrogens is 156 g/mol. The van der Waals surface area contributed by atoms with Crippen molar-refractivity contribution in [2.75, 3.05) is 5.88 Å². The third-order valence-electron chi connectivity index (χ3n) is 1.02. The van der Waals surface area contributed by atoms with Gasteiger partial charge in [0.05, 0.1) is 0 Å². The van der Waals surface area contributed by atoms with Crippen molar-refractivity contribution < 1.29 is 4.79 Å². The van der Waals surface area contributed by atoms with Crippen molar-refractivity contribution in [3.63, 3.8) is 0 Å². The predicted octanol–water partition coefficient (Wildman–Crippen LogP) is 2.24. The van der Waals surface area contributed by atoms with Crippen LogP contribution in [0.4, 0.5) is 0 Å². The van der Waals surface area contributed by atoms with E-state index in [0.29, 0.717) is 12.3 Å². The lowest BCUT2D eigenvalue weighted by atomic mass is 10.2. The summed E-state index contributed by atoms with van der Waals surface area (Å²) in [5, 5.41) is -0.0235. The minimum atomic E-state index is -0.0235. The molecule has 1 nitrogen and oxygen atoms in total. The highest BCUT2D eigenvalue weighted by Gasteiger charge is 1.92. The zero-order valence-corrected chi connectivity index (χ0v) is 6.92. The topological polar surface area (TPSA) is 17.1 Å². The van der Waals surface area contributed by atoms with Crippen LogP contribution < -0.4 is 0 Å². The zero-order valence-electron chi connectivity index (χ0n) is 5.27. The van der Waals surface area contributed by atoms with Crippen LogP contribution in [0.5, 0.6) is 0 Å². The van der Waals surface area contributed by atoms with E-state index in [0.717, 1.165) is 19.3 Å². The van der Waals surface area contributed by atoms with Crippen molar-refractivity contribution in [1.82, 2.24) is 0 Å². The summed E-state index contributed by atoms with van der Waals surface area (Å²) < 4.78 is 0. The van der Waals surface area contributed by atoms with Gasteiger partial charge in [0.2, 0.25) is 0 Å². The van der Waals surface area contributed by atoms with Gasteiger partial charge in [-0.1, -0.05) is 6.42 Å². The molecule has 0 fully saturated rings. The van der Waals surface area contributed by atoms with Crippen molar-refractivity contribution in [3.05, 3.63) is 0 Å². The summed E-state index contributed by atoms with van der Waals surface area (Å²) in [5.41, 5.74) is 0. The smallest absolute Gasteiger partial charge is 0.185 e. The van der Waals surface area contributed by atoms with E-state index >= 15 is 0 Å². The Hall–Kier alpha value is 0.310. The monoisotopic (exact) mass is 166 g/mol. The molecule has 0 unspecified atom stereocenters. The van der Waals surface area contributed by atoms with Gasteiger partial charge in [0, 0.05) is 12.3 Å². The maximum Gasteiger partial charge on any atom is 0.185 e. The van der Waals surface area contributed by atoms with Gasteiger partial charge >= 0.3 is 0 Å². The Morgan fingerprint density at radius 3 is 2.44 bits per heavy atom. The lowest BCUT2D eigenvalue weighted by molar-refractivity contribution is -0.110. The molecule has 0 heterocycles. The molecule has 54 valence electrons. The molecule has 9 heavy (non-hydrogen) atoms. The Morgan fingerprint density at radius 2 is 2.00 bits per heavy atom. The molecule has 0 amide bonds. The molecule has 0 aliphatic carbocycles. The lowest BCUT2D eigenvalue weighted by Gasteiger charge is -1.92. The zero-order chi connectivity index (χ0) is 7.11. The molecule has 0 aromatic rings. The Bertz CT molecular complexity index is 85.1. The molecule has 0 saturated heterocycles. The quantitative estimate of drug-likeness (QED) is 0.377. The largest absolute Gasteiger partial charge is 0.288 e. The molecule has 0 N–H and O–H groups in total. The molecule has 0 radical (unpaired) electrons. The highest BCUT2D eigenvalue weighted by Crippen LogP contribution is 2.02. The highest BCUT2D eigenvalue weighted by molar-refractivity contribution is 7.96. The first-order chi connectivity index (χ1) is 4.27. The average Bonchev–Trinajstić information content (AvgIpc) is 1.80. The Morgan fingerprint density at radius 1 is 1.33 bits per heavy atom. The van der Waals surface area contributed by atoms with Gasteiger partial charge in [0.1, 0.15) is 0 Å². The first-order valence-corrected chi connectivity index (χ1v) is 4.03. The van der Waals surface area contributed by atoms with Gasteiger partial charge in [-0.2, -0.15) is 0 Å². The molecule has 3 heteroatoms. The number of thiol groups is 1. The highest BCUT2D eigenvalue weighted by atomic mass is 35.5. The minimum absolute atomic E-state index is 0.0235. The number of hydrogen-bond donors (Lipinski definition) is 1. The summed E-state index contributed by atoms with van der Waals surface area (Å²) in [5.74, 6) is 0.695. The standard InChI is InChI=1S/C6H11ClOS/c7-5-3-1-2-4-6(8)9/h1-5H2,(H,8,9). The summed E-state index contributed by atoms with van der Waals surface area (Å²) in [6.07, 6.45) is 3.55. The maximum atomic E-state index is 10.2. The number of halogens is 1. The average molecular weight is 167 g/mol. The second kappa shape index (κ2) is 6.43. The fourth-order valence-electron chi connectivity index (χ4n) is 0.547. The molecule has 0 aromatic carbocycles. The van der Waals surface area contributed by atoms with Crippen LogP contribution in [0, 0.1) is 0 Å². The summed E-state index contributed by atoms with van der Waals surface area (Å²) >= 11 is 9.04. The van der Waals surface area contributed by atoms with E-state index in [1.54, 1.807) is 0 Å². The third-order valence-corrected chi connectivity index (χ3v) is 1.52. The van der Waals surface area contributed by atoms with Crippen LogP contribution in [0.15, 0.2) is 0 Å². The molecule has 0 aromatic heterocycles. The van der Waals surface area contributed by atoms with Gasteiger partial charge in [-0.15, -0.1) is 24.2 Å². The molecule has 0 atom stereocenters. The first kappa shape index (κ1) is 9.31. The second-order valence-electron chi connectivity index (χ2n) is 1.89. The Labute approximate surface area is 66.2 Å². The van der Waals surface area contributed by atoms with E-state index in [1.165, 1.54) is 0 Å². The van der Waals surface area contributed by atoms with Gasteiger partial charge in [0.25, 0.3) is 0 Å². The third kappa shape index (κ3) is 8.31. The number of carbonyl (C=O) groups is 1. The van der Waals surface area contributed by atoms with Crippen LogP contribution in [0.2, 0.25) is 0 Å². The van der Waals surface area contributed by atoms with Crippen molar-refractivity contribution >= 4 is 29.3 Å². The van der Waals surface area contributed by atoms with Crippen LogP contribution >= 0.6 is 24.2 Å². The lowest BCUT2D eigenvalue weighted by Crippen LogP contribution is -1.86. The Kier molecular flexibility index (Phi) is 6.65. The van der Waals surface area contributed by atoms with Gasteiger partial charge in [-0.05, 0) is 12.8 Å². The van der Waals surface area contributed by atoms with Crippen LogP contribution in [-0.4, -0.2) is 11.0 Å². The summed E-state index contributed by atoms with van der Waals surface area (Å²) in [6.45, 7) is 0. The van der Waals surface area contributed by atoms with Crippen LogP contribution in [0.25, 0.3) is 0 Å². The molecule has 0 aliphatic rings. The molecule has 0 bridgehead atoms. The molecule has 0 spiro atoms. The molecule has 0 saturated carbocycles. The molecule has 0 rings (SSSR count). The Balaban J connectivity index is 2.83. The van der Waals surface area contributed by atoms with E-state index in [4.69, 9.17) is 11.6 Å². The van der Waals surface area contributed by atoms with Crippen LogP contribution in [-0.2, 0) is 4.79 Å². The van der Waals surface area contributed by atoms with Gasteiger partial charge in [0.15, 0.2) is 5.12 Å². The fraction of sp³-hybridized carbons (Fsp3) is 0.833. The van der Waals surface area contributed by atoms with Crippen molar-refractivity contribution in [1.29, 1.82) is 0 Å². The maximum absolute atomic E-state index is 10.2. The van der Waals surface area contributed by atoms with Crippen LogP contribution in [0.3, 0.4) is 0 Å². The van der Waals surface area contributed by atoms with Crippen molar-refractivity contribution in [3.8, 4) is 0 Å². The SMILES string of the molecule is O=C(S)CCCCCCl. The summed E-state index contributed by atoms with van der Waals surface area (Å²) in [4.78, 5) is 10.2. The van der Waals surface area contributed by atoms with Gasteiger partial charge in [-0.25, -0.2) is 0 Å². The summed E-state index contributed by atoms with van der Waals surface area (Å²) in [7, 11) is 0. The van der Waals surface area contributed by atoms with Crippen molar-refractivity contribution in [2.45, 2.75) is 25.7 Å². The number of alkyl halides is 1. The fourth-order valence-corrected chi connectivity index (χ4v) is 0.895. The number of rotatable bonds is 5. The van der Waals surface area contributed by atoms with E-state index in [2.05, 4.69) is 12.6 Å². The second-order valence-corrected chi connectivity index (χ2v) is 2.77. The molecular formula is C6H11ClOS. The number of hydrogen-bond acceptors (Lipinski definition) is 1. The number of carbonyl (C=O) groups excluding carboxylic acids is 1. The van der Waals surface area contributed by atoms with Crippen LogP contribution in [0.1, 0.15) is 25.7 Å². The number of unbranched alkanes of at least 4 members (excludes halogenated alkanes) is 2. The van der Waals surface area contributed by atoms with E-state index in [1.807, 2.05) is 0 Å². The summed E-state index contributed by atoms with van der Waals surface area (Å²) in [6, 6.07) is 0. The van der Waals surface area contributed by atoms with E-state index < -0.39 is 0 Å². The first-order valence-electron chi connectivity index (χ1n) is 3.05. The minimum Gasteiger partial charge on any atom is -0.288 e. The van der Waals surface area contributed by atoms with Gasteiger partial charge < -0.3 is 0 Å². The van der Waals surface area contributed by atoms with E-state index in [9.17, 15) is 4.79 Å². The van der Waals surface area contributed by atoms with Gasteiger partial charge in [-0.3, -0.25) is 4.79 Å². The normalized spacial score (nSPS) is 9.56. The predicted molar refractivity (Wildman–Crippen MR) is 43.2 cm³/mol. The van der Waals surface area contributed by atoms with E-state index in [-0.39, 0.29) is 5.12 Å². The molecule has 0 aliphatic heterocycles. The van der Waals surface area contributed by atoms with Crippen molar-refractivity contribution in [2.24, 2.45) is 0 Å².